The first-order valence-electron chi connectivity index (χ1n) is 1.57. The minimum absolute atomic E-state index is 0. The van der Waals surface area contributed by atoms with Gasteiger partial charge in [0.25, 0.3) is 0 Å². The van der Waals surface area contributed by atoms with Crippen LogP contribution in [0.25, 0.3) is 0 Å². The van der Waals surface area contributed by atoms with Crippen LogP contribution < -0.4 is 0 Å². The Morgan fingerprint density at radius 3 is 0.538 bits per heavy atom. The number of rotatable bonds is 0. The Balaban J connectivity index is -0.0000000267. The van der Waals surface area contributed by atoms with Crippen LogP contribution in [0.1, 0.15) is 0 Å². The molecule has 0 aliphatic heterocycles. The van der Waals surface area contributed by atoms with Crippen molar-refractivity contribution in [2.45, 2.75) is 0 Å². The van der Waals surface area contributed by atoms with Crippen LogP contribution in [0, 0.1) is 0 Å². The predicted molar refractivity (Wildman–Crippen MR) is 28.5 cm³/mol. The molecule has 0 saturated heterocycles. The maximum atomic E-state index is 8.88. The maximum Gasteiger partial charge on any atom is 0.466 e. The molecule has 0 heterocycles. The Labute approximate surface area is 103 Å². The summed E-state index contributed by atoms with van der Waals surface area (Å²) in [6.45, 7) is 0. The molecule has 0 bridgehead atoms. The molecule has 0 fully saturated rings. The molecule has 0 saturated carbocycles. The molecular formula is H6Ni3O8P2. The largest absolute Gasteiger partial charge is 0.466 e. The van der Waals surface area contributed by atoms with E-state index in [0.717, 1.165) is 0 Å². The molecule has 13 heteroatoms. The Morgan fingerprint density at radius 2 is 0.538 bits per heavy atom. The SMILES string of the molecule is O=P(O)(O)O.O=P(O)(O)O.[Ni].[Ni].[Ni]. The summed E-state index contributed by atoms with van der Waals surface area (Å²) in [5.41, 5.74) is 0. The van der Waals surface area contributed by atoms with Crippen LogP contribution in [-0.2, 0) is 58.6 Å². The van der Waals surface area contributed by atoms with Gasteiger partial charge in [-0.1, -0.05) is 0 Å². The first-order chi connectivity index (χ1) is 4.00. The molecule has 0 aromatic carbocycles. The van der Waals surface area contributed by atoms with E-state index in [0.29, 0.717) is 0 Å². The van der Waals surface area contributed by atoms with E-state index in [1.807, 2.05) is 0 Å². The van der Waals surface area contributed by atoms with Crippen LogP contribution in [-0.4, -0.2) is 29.4 Å². The van der Waals surface area contributed by atoms with Gasteiger partial charge in [0, 0.05) is 49.5 Å². The second-order valence-electron chi connectivity index (χ2n) is 1.03. The topological polar surface area (TPSA) is 156 Å². The molecule has 8 nitrogen and oxygen atoms in total. The molecule has 0 aromatic heterocycles. The maximum absolute atomic E-state index is 8.88. The quantitative estimate of drug-likeness (QED) is 0.214. The van der Waals surface area contributed by atoms with Crippen molar-refractivity contribution in [1.82, 2.24) is 0 Å². The van der Waals surface area contributed by atoms with E-state index in [9.17, 15) is 0 Å². The zero-order valence-electron chi connectivity index (χ0n) is 5.34. The van der Waals surface area contributed by atoms with Gasteiger partial charge < -0.3 is 29.4 Å². The molecule has 6 N–H and O–H groups in total. The standard InChI is InChI=1S/3Ni.2H3O4P/c;;;2*1-5(2,3)4/h;;;2*(H3,1,2,3,4). The first-order valence-corrected chi connectivity index (χ1v) is 4.70. The van der Waals surface area contributed by atoms with Crippen LogP contribution >= 0.6 is 15.6 Å². The fraction of sp³-hybridized carbons (Fsp3) is 0. The Bertz CT molecular complexity index is 130. The molecule has 0 radical (unpaired) electrons. The molecule has 94 valence electrons. The Morgan fingerprint density at radius 1 is 0.538 bits per heavy atom. The molecule has 0 rings (SSSR count). The van der Waals surface area contributed by atoms with Crippen molar-refractivity contribution in [3.8, 4) is 0 Å². The molecule has 0 aromatic rings. The summed E-state index contributed by atoms with van der Waals surface area (Å²) in [4.78, 5) is 43.1. The van der Waals surface area contributed by atoms with Gasteiger partial charge in [0.05, 0.1) is 0 Å². The fourth-order valence-corrected chi connectivity index (χ4v) is 0. The summed E-state index contributed by atoms with van der Waals surface area (Å²) < 4.78 is 17.8. The molecular weight excluding hydrogens is 366 g/mol. The van der Waals surface area contributed by atoms with Crippen LogP contribution in [0.3, 0.4) is 0 Å². The summed E-state index contributed by atoms with van der Waals surface area (Å²) >= 11 is 0. The van der Waals surface area contributed by atoms with E-state index in [-0.39, 0.29) is 49.5 Å². The van der Waals surface area contributed by atoms with Crippen LogP contribution in [0.5, 0.6) is 0 Å². The summed E-state index contributed by atoms with van der Waals surface area (Å²) in [5, 5.41) is 0. The van der Waals surface area contributed by atoms with Gasteiger partial charge in [0.2, 0.25) is 0 Å². The van der Waals surface area contributed by atoms with E-state index in [4.69, 9.17) is 38.5 Å². The molecule has 0 spiro atoms. The number of hydrogen-bond acceptors (Lipinski definition) is 2. The summed E-state index contributed by atoms with van der Waals surface area (Å²) in [7, 11) is -9.28. The summed E-state index contributed by atoms with van der Waals surface area (Å²) in [6.07, 6.45) is 0. The van der Waals surface area contributed by atoms with E-state index in [2.05, 4.69) is 0 Å². The second-order valence-corrected chi connectivity index (χ2v) is 3.08. The van der Waals surface area contributed by atoms with Gasteiger partial charge >= 0.3 is 15.6 Å². The van der Waals surface area contributed by atoms with Crippen molar-refractivity contribution in [2.75, 3.05) is 0 Å². The predicted octanol–water partition coefficient (Wildman–Crippen LogP) is -1.86. The van der Waals surface area contributed by atoms with Crippen molar-refractivity contribution in [2.24, 2.45) is 0 Å². The van der Waals surface area contributed by atoms with Gasteiger partial charge in [-0.05, 0) is 0 Å². The molecule has 0 unspecified atom stereocenters. The van der Waals surface area contributed by atoms with Crippen LogP contribution in [0.2, 0.25) is 0 Å². The number of phosphoric acid groups is 2. The van der Waals surface area contributed by atoms with Gasteiger partial charge in [-0.2, -0.15) is 0 Å². The molecule has 0 amide bonds. The monoisotopic (exact) mass is 370 g/mol. The van der Waals surface area contributed by atoms with Crippen molar-refractivity contribution in [3.63, 3.8) is 0 Å². The zero-order chi connectivity index (χ0) is 9.00. The first kappa shape index (κ1) is 29.3. The zero-order valence-corrected chi connectivity index (χ0v) is 10.1. The van der Waals surface area contributed by atoms with Gasteiger partial charge in [0.15, 0.2) is 0 Å². The van der Waals surface area contributed by atoms with Crippen molar-refractivity contribution < 1.29 is 88.0 Å². The Hall–Kier alpha value is 1.70. The Kier molecular flexibility index (Phi) is 26.6. The van der Waals surface area contributed by atoms with Crippen molar-refractivity contribution in [1.29, 1.82) is 0 Å². The average Bonchev–Trinajstić information content (AvgIpc) is 1.12. The third-order valence-corrected chi connectivity index (χ3v) is 0. The van der Waals surface area contributed by atoms with Crippen molar-refractivity contribution in [3.05, 3.63) is 0 Å². The second kappa shape index (κ2) is 11.8. The number of hydrogen-bond donors (Lipinski definition) is 6. The van der Waals surface area contributed by atoms with Crippen molar-refractivity contribution >= 4 is 15.6 Å². The summed E-state index contributed by atoms with van der Waals surface area (Å²) in [5.74, 6) is 0. The van der Waals surface area contributed by atoms with Crippen LogP contribution in [0.15, 0.2) is 0 Å². The minimum atomic E-state index is -4.64. The van der Waals surface area contributed by atoms with E-state index in [1.165, 1.54) is 0 Å². The van der Waals surface area contributed by atoms with E-state index in [1.54, 1.807) is 0 Å². The third kappa shape index (κ3) is 649. The molecule has 0 aliphatic rings. The van der Waals surface area contributed by atoms with E-state index < -0.39 is 15.6 Å². The molecule has 0 aliphatic carbocycles. The van der Waals surface area contributed by atoms with Crippen LogP contribution in [0.4, 0.5) is 0 Å². The van der Waals surface area contributed by atoms with Gasteiger partial charge in [-0.25, -0.2) is 9.13 Å². The van der Waals surface area contributed by atoms with Gasteiger partial charge in [-0.3, -0.25) is 0 Å². The van der Waals surface area contributed by atoms with Gasteiger partial charge in [-0.15, -0.1) is 0 Å². The average molecular weight is 372 g/mol. The van der Waals surface area contributed by atoms with E-state index >= 15 is 0 Å². The normalized spacial score (nSPS) is 9.08. The third-order valence-electron chi connectivity index (χ3n) is 0. The minimum Gasteiger partial charge on any atom is -0.303 e. The fourth-order valence-electron chi connectivity index (χ4n) is 0. The molecule has 13 heavy (non-hydrogen) atoms. The smallest absolute Gasteiger partial charge is 0.303 e. The molecule has 0 atom stereocenters. The van der Waals surface area contributed by atoms with Gasteiger partial charge in [0.1, 0.15) is 0 Å². The summed E-state index contributed by atoms with van der Waals surface area (Å²) in [6, 6.07) is 0.